The highest BCUT2D eigenvalue weighted by atomic mass is 32.1. The minimum atomic E-state index is 0.0445. The number of methoxy groups -OCH3 is 2. The van der Waals surface area contributed by atoms with Crippen LogP contribution in [0.4, 0.5) is 5.13 Å². The van der Waals surface area contributed by atoms with E-state index < -0.39 is 0 Å². The summed E-state index contributed by atoms with van der Waals surface area (Å²) in [7, 11) is 3.32. The van der Waals surface area contributed by atoms with Crippen molar-refractivity contribution < 1.29 is 9.47 Å². The van der Waals surface area contributed by atoms with Crippen LogP contribution >= 0.6 is 11.5 Å². The molecule has 1 heterocycles. The van der Waals surface area contributed by atoms with Gasteiger partial charge in [-0.15, -0.1) is 0 Å². The molecule has 114 valence electrons. The van der Waals surface area contributed by atoms with Gasteiger partial charge in [0.1, 0.15) is 17.3 Å². The van der Waals surface area contributed by atoms with Gasteiger partial charge in [0.2, 0.25) is 5.13 Å². The predicted molar refractivity (Wildman–Crippen MR) is 85.6 cm³/mol. The summed E-state index contributed by atoms with van der Waals surface area (Å²) >= 11 is 1.38. The molecule has 1 unspecified atom stereocenters. The Morgan fingerprint density at radius 2 is 1.90 bits per heavy atom. The summed E-state index contributed by atoms with van der Waals surface area (Å²) in [4.78, 5) is 4.50. The minimum absolute atomic E-state index is 0.0445. The smallest absolute Gasteiger partial charge is 0.203 e. The van der Waals surface area contributed by atoms with Crippen molar-refractivity contribution in [2.24, 2.45) is 0 Å². The largest absolute Gasteiger partial charge is 0.497 e. The Labute approximate surface area is 129 Å². The molecule has 0 saturated heterocycles. The molecule has 0 bridgehead atoms. The minimum Gasteiger partial charge on any atom is -0.497 e. The van der Waals surface area contributed by atoms with Gasteiger partial charge in [0.05, 0.1) is 20.3 Å². The number of ether oxygens (including phenoxy) is 2. The second-order valence-electron chi connectivity index (χ2n) is 5.09. The van der Waals surface area contributed by atoms with Crippen LogP contribution < -0.4 is 14.8 Å². The fraction of sp³-hybridized carbons (Fsp3) is 0.467. The molecular formula is C15H21N3O2S. The van der Waals surface area contributed by atoms with Gasteiger partial charge in [0.25, 0.3) is 0 Å². The Bertz CT molecular complexity index is 598. The summed E-state index contributed by atoms with van der Waals surface area (Å²) in [5.74, 6) is 2.83. The molecule has 0 amide bonds. The van der Waals surface area contributed by atoms with Crippen molar-refractivity contribution in [1.82, 2.24) is 9.36 Å². The molecule has 0 aliphatic rings. The van der Waals surface area contributed by atoms with Gasteiger partial charge < -0.3 is 14.8 Å². The first-order valence-corrected chi connectivity index (χ1v) is 7.64. The van der Waals surface area contributed by atoms with Gasteiger partial charge in [-0.05, 0) is 25.1 Å². The fourth-order valence-electron chi connectivity index (χ4n) is 1.97. The van der Waals surface area contributed by atoms with Crippen molar-refractivity contribution in [2.75, 3.05) is 19.5 Å². The van der Waals surface area contributed by atoms with Crippen LogP contribution in [0.25, 0.3) is 0 Å². The van der Waals surface area contributed by atoms with Gasteiger partial charge in [-0.25, -0.2) is 4.98 Å². The van der Waals surface area contributed by atoms with E-state index in [1.807, 2.05) is 18.2 Å². The summed E-state index contributed by atoms with van der Waals surface area (Å²) in [6, 6.07) is 5.81. The van der Waals surface area contributed by atoms with Gasteiger partial charge in [-0.1, -0.05) is 13.8 Å². The molecule has 5 nitrogen and oxygen atoms in total. The van der Waals surface area contributed by atoms with Crippen molar-refractivity contribution in [1.29, 1.82) is 0 Å². The van der Waals surface area contributed by atoms with Gasteiger partial charge in [0.15, 0.2) is 0 Å². The SMILES string of the molecule is COc1ccc(OC)c(C(C)Nc2nc(C(C)C)ns2)c1. The summed E-state index contributed by atoms with van der Waals surface area (Å²) in [6.07, 6.45) is 0. The van der Waals surface area contributed by atoms with Gasteiger partial charge in [0, 0.05) is 23.0 Å². The molecule has 2 aromatic rings. The molecule has 0 radical (unpaired) electrons. The maximum absolute atomic E-state index is 5.42. The lowest BCUT2D eigenvalue weighted by molar-refractivity contribution is 0.397. The fourth-order valence-corrected chi connectivity index (χ4v) is 2.76. The number of aromatic nitrogens is 2. The van der Waals surface area contributed by atoms with E-state index in [-0.39, 0.29) is 6.04 Å². The summed E-state index contributed by atoms with van der Waals surface area (Å²) in [5, 5.41) is 4.18. The standard InChI is InChI=1S/C15H21N3O2S/c1-9(2)14-17-15(21-18-14)16-10(3)12-8-11(19-4)6-7-13(12)20-5/h6-10H,1-5H3,(H,16,17,18). The molecule has 0 spiro atoms. The molecule has 2 rings (SSSR count). The molecule has 21 heavy (non-hydrogen) atoms. The zero-order valence-electron chi connectivity index (χ0n) is 13.0. The van der Waals surface area contributed by atoms with Crippen LogP contribution in [0, 0.1) is 0 Å². The van der Waals surface area contributed by atoms with E-state index in [2.05, 4.69) is 35.4 Å². The van der Waals surface area contributed by atoms with Crippen LogP contribution in [0.2, 0.25) is 0 Å². The van der Waals surface area contributed by atoms with E-state index in [0.29, 0.717) is 5.92 Å². The molecule has 0 aliphatic carbocycles. The van der Waals surface area contributed by atoms with Crippen LogP contribution in [-0.2, 0) is 0 Å². The van der Waals surface area contributed by atoms with Crippen LogP contribution in [0.15, 0.2) is 18.2 Å². The molecule has 1 aromatic heterocycles. The molecular weight excluding hydrogens is 286 g/mol. The monoisotopic (exact) mass is 307 g/mol. The maximum atomic E-state index is 5.42. The van der Waals surface area contributed by atoms with E-state index in [1.54, 1.807) is 14.2 Å². The Morgan fingerprint density at radius 1 is 1.14 bits per heavy atom. The lowest BCUT2D eigenvalue weighted by atomic mass is 10.1. The Hall–Kier alpha value is -1.82. The lowest BCUT2D eigenvalue weighted by Gasteiger charge is -2.17. The summed E-state index contributed by atoms with van der Waals surface area (Å²) in [6.45, 7) is 6.23. The van der Waals surface area contributed by atoms with Crippen LogP contribution in [0.5, 0.6) is 11.5 Å². The van der Waals surface area contributed by atoms with Gasteiger partial charge in [-0.3, -0.25) is 0 Å². The zero-order chi connectivity index (χ0) is 15.4. The van der Waals surface area contributed by atoms with Crippen molar-refractivity contribution in [3.63, 3.8) is 0 Å². The lowest BCUT2D eigenvalue weighted by Crippen LogP contribution is -2.08. The Morgan fingerprint density at radius 3 is 2.48 bits per heavy atom. The highest BCUT2D eigenvalue weighted by Crippen LogP contribution is 2.31. The molecule has 0 saturated carbocycles. The number of anilines is 1. The number of nitrogens with zero attached hydrogens (tertiary/aromatic N) is 2. The molecule has 0 aliphatic heterocycles. The van der Waals surface area contributed by atoms with E-state index >= 15 is 0 Å². The zero-order valence-corrected chi connectivity index (χ0v) is 13.8. The highest BCUT2D eigenvalue weighted by Gasteiger charge is 2.15. The van der Waals surface area contributed by atoms with Crippen molar-refractivity contribution >= 4 is 16.7 Å². The highest BCUT2D eigenvalue weighted by molar-refractivity contribution is 7.09. The van der Waals surface area contributed by atoms with Crippen LogP contribution in [0.1, 0.15) is 44.1 Å². The number of nitrogens with one attached hydrogen (secondary N) is 1. The normalized spacial score (nSPS) is 12.3. The van der Waals surface area contributed by atoms with Gasteiger partial charge >= 0.3 is 0 Å². The predicted octanol–water partition coefficient (Wildman–Crippen LogP) is 3.85. The van der Waals surface area contributed by atoms with Crippen molar-refractivity contribution in [3.8, 4) is 11.5 Å². The average Bonchev–Trinajstić information content (AvgIpc) is 2.95. The van der Waals surface area contributed by atoms with Crippen LogP contribution in [0.3, 0.4) is 0 Å². The topological polar surface area (TPSA) is 56.3 Å². The van der Waals surface area contributed by atoms with Gasteiger partial charge in [-0.2, -0.15) is 4.37 Å². The molecule has 0 fully saturated rings. The third-order valence-electron chi connectivity index (χ3n) is 3.20. The average molecular weight is 307 g/mol. The van der Waals surface area contributed by atoms with Crippen molar-refractivity contribution in [2.45, 2.75) is 32.7 Å². The Kier molecular flexibility index (Phi) is 5.01. The number of hydrogen-bond acceptors (Lipinski definition) is 6. The second-order valence-corrected chi connectivity index (χ2v) is 5.84. The maximum Gasteiger partial charge on any atom is 0.203 e. The van der Waals surface area contributed by atoms with E-state index in [1.165, 1.54) is 11.5 Å². The molecule has 6 heteroatoms. The molecule has 1 N–H and O–H groups in total. The van der Waals surface area contributed by atoms with E-state index in [4.69, 9.17) is 9.47 Å². The molecule has 1 atom stereocenters. The first-order chi connectivity index (χ1) is 10.0. The summed E-state index contributed by atoms with van der Waals surface area (Å²) < 4.78 is 15.1. The van der Waals surface area contributed by atoms with E-state index in [9.17, 15) is 0 Å². The summed E-state index contributed by atoms with van der Waals surface area (Å²) in [5.41, 5.74) is 1.03. The molecule has 1 aromatic carbocycles. The second kappa shape index (κ2) is 6.76. The number of rotatable bonds is 6. The Balaban J connectivity index is 2.20. The first-order valence-electron chi connectivity index (χ1n) is 6.87. The van der Waals surface area contributed by atoms with E-state index in [0.717, 1.165) is 28.0 Å². The van der Waals surface area contributed by atoms with Crippen LogP contribution in [-0.4, -0.2) is 23.6 Å². The third kappa shape index (κ3) is 3.64. The van der Waals surface area contributed by atoms with Crippen molar-refractivity contribution in [3.05, 3.63) is 29.6 Å². The first kappa shape index (κ1) is 15.6. The number of hydrogen-bond donors (Lipinski definition) is 1. The third-order valence-corrected chi connectivity index (χ3v) is 3.86. The quantitative estimate of drug-likeness (QED) is 0.878. The number of benzene rings is 1.